The average Bonchev–Trinajstić information content (AvgIpc) is 3.38. The lowest BCUT2D eigenvalue weighted by Crippen LogP contribution is -2.09. The molecule has 0 spiro atoms. The summed E-state index contributed by atoms with van der Waals surface area (Å²) in [5.74, 6) is 9.32. The number of imidazole rings is 1. The molecule has 4 aromatic rings. The van der Waals surface area contributed by atoms with E-state index in [2.05, 4.69) is 74.3 Å². The Morgan fingerprint density at radius 1 is 1.03 bits per heavy atom. The maximum Gasteiger partial charge on any atom is 0.166 e. The first kappa shape index (κ1) is 21.0. The second kappa shape index (κ2) is 8.57. The molecule has 2 aromatic carbocycles. The molecule has 0 atom stereocenters. The van der Waals surface area contributed by atoms with E-state index >= 15 is 0 Å². The van der Waals surface area contributed by atoms with E-state index in [1.165, 1.54) is 5.56 Å². The minimum Gasteiger partial charge on any atom is -0.497 e. The number of hydrogen-bond donors (Lipinski definition) is 0. The summed E-state index contributed by atoms with van der Waals surface area (Å²) in [6.45, 7) is 5.27. The van der Waals surface area contributed by atoms with Crippen LogP contribution in [-0.4, -0.2) is 38.5 Å². The fourth-order valence-corrected chi connectivity index (χ4v) is 4.04. The maximum absolute atomic E-state index is 5.46. The molecule has 7 heteroatoms. The molecule has 0 N–H and O–H groups in total. The van der Waals surface area contributed by atoms with Crippen molar-refractivity contribution in [1.82, 2.24) is 24.3 Å². The van der Waals surface area contributed by atoms with E-state index in [0.29, 0.717) is 19.1 Å². The van der Waals surface area contributed by atoms with Crippen molar-refractivity contribution in [3.63, 3.8) is 0 Å². The largest absolute Gasteiger partial charge is 0.497 e. The van der Waals surface area contributed by atoms with Crippen LogP contribution in [0.2, 0.25) is 0 Å². The number of methoxy groups -OCH3 is 2. The first-order valence-electron chi connectivity index (χ1n) is 10.9. The fourth-order valence-electron chi connectivity index (χ4n) is 4.04. The number of hydrogen-bond acceptors (Lipinski definition) is 5. The van der Waals surface area contributed by atoms with Gasteiger partial charge in [-0.1, -0.05) is 31.9 Å². The van der Waals surface area contributed by atoms with E-state index in [1.54, 1.807) is 14.2 Å². The summed E-state index contributed by atoms with van der Waals surface area (Å²) in [6.07, 6.45) is 1.82. The van der Waals surface area contributed by atoms with Crippen LogP contribution in [0.3, 0.4) is 0 Å². The molecular formula is C26H25N5O2. The van der Waals surface area contributed by atoms with E-state index in [-0.39, 0.29) is 0 Å². The number of benzene rings is 2. The van der Waals surface area contributed by atoms with Gasteiger partial charge in [0.2, 0.25) is 0 Å². The molecule has 0 saturated heterocycles. The van der Waals surface area contributed by atoms with Crippen LogP contribution in [0.5, 0.6) is 5.75 Å². The van der Waals surface area contributed by atoms with Gasteiger partial charge in [0.15, 0.2) is 11.6 Å². The van der Waals surface area contributed by atoms with Crippen LogP contribution in [0.15, 0.2) is 48.8 Å². The van der Waals surface area contributed by atoms with Crippen LogP contribution in [0.25, 0.3) is 17.1 Å². The van der Waals surface area contributed by atoms with E-state index in [0.717, 1.165) is 45.6 Å². The normalized spacial score (nSPS) is 11.8. The van der Waals surface area contributed by atoms with Crippen molar-refractivity contribution < 1.29 is 9.47 Å². The molecule has 2 aromatic heterocycles. The molecule has 5 rings (SSSR count). The quantitative estimate of drug-likeness (QED) is 0.393. The summed E-state index contributed by atoms with van der Waals surface area (Å²) in [7, 11) is 3.31. The summed E-state index contributed by atoms with van der Waals surface area (Å²) in [4.78, 5) is 4.65. The van der Waals surface area contributed by atoms with Gasteiger partial charge in [0, 0.05) is 18.2 Å². The molecule has 0 radical (unpaired) electrons. The molecule has 7 nitrogen and oxygen atoms in total. The molecule has 1 aliphatic rings. The second-order valence-electron chi connectivity index (χ2n) is 8.28. The van der Waals surface area contributed by atoms with Crippen molar-refractivity contribution in [2.75, 3.05) is 14.2 Å². The van der Waals surface area contributed by atoms with Crippen LogP contribution < -0.4 is 4.74 Å². The zero-order chi connectivity index (χ0) is 22.9. The summed E-state index contributed by atoms with van der Waals surface area (Å²) in [6, 6.07) is 14.3. The van der Waals surface area contributed by atoms with Crippen molar-refractivity contribution in [1.29, 1.82) is 0 Å². The Bertz CT molecular complexity index is 1370. The van der Waals surface area contributed by atoms with Gasteiger partial charge in [-0.3, -0.25) is 4.57 Å². The predicted molar refractivity (Wildman–Crippen MR) is 125 cm³/mol. The summed E-state index contributed by atoms with van der Waals surface area (Å²) >= 11 is 0. The van der Waals surface area contributed by atoms with Gasteiger partial charge in [0.1, 0.15) is 24.4 Å². The Hall–Kier alpha value is -3.89. The van der Waals surface area contributed by atoms with E-state index < -0.39 is 0 Å². The molecule has 0 unspecified atom stereocenters. The first-order chi connectivity index (χ1) is 16.1. The molecule has 0 fully saturated rings. The number of aromatic nitrogens is 5. The molecule has 0 saturated carbocycles. The van der Waals surface area contributed by atoms with Crippen molar-refractivity contribution in [3.05, 3.63) is 77.1 Å². The van der Waals surface area contributed by atoms with Crippen molar-refractivity contribution in [3.8, 4) is 34.7 Å². The molecule has 1 aliphatic heterocycles. The minimum absolute atomic E-state index is 0.365. The Morgan fingerprint density at radius 3 is 2.58 bits per heavy atom. The van der Waals surface area contributed by atoms with Gasteiger partial charge in [0.05, 0.1) is 25.0 Å². The second-order valence-corrected chi connectivity index (χ2v) is 8.28. The van der Waals surface area contributed by atoms with Gasteiger partial charge in [-0.2, -0.15) is 0 Å². The number of rotatable bonds is 4. The third kappa shape index (κ3) is 3.79. The first-order valence-corrected chi connectivity index (χ1v) is 10.9. The van der Waals surface area contributed by atoms with Crippen LogP contribution >= 0.6 is 0 Å². The SMILES string of the molecule is COCc1nnc2n1Cc1c(C#Cc3ccc(C(C)C)cc3)ncn1-c1ccc(OC)cc1-2. The highest BCUT2D eigenvalue weighted by atomic mass is 16.5. The van der Waals surface area contributed by atoms with E-state index in [1.807, 2.05) is 24.5 Å². The highest BCUT2D eigenvalue weighted by molar-refractivity contribution is 5.71. The van der Waals surface area contributed by atoms with Crippen LogP contribution in [-0.2, 0) is 17.9 Å². The molecule has 0 aliphatic carbocycles. The monoisotopic (exact) mass is 439 g/mol. The topological polar surface area (TPSA) is 67.0 Å². The third-order valence-corrected chi connectivity index (χ3v) is 5.88. The van der Waals surface area contributed by atoms with Crippen molar-refractivity contribution in [2.24, 2.45) is 0 Å². The molecule has 0 amide bonds. The Kier molecular flexibility index (Phi) is 5.45. The van der Waals surface area contributed by atoms with Crippen LogP contribution in [0.4, 0.5) is 0 Å². The lowest BCUT2D eigenvalue weighted by molar-refractivity contribution is 0.174. The molecule has 3 heterocycles. The van der Waals surface area contributed by atoms with Gasteiger partial charge >= 0.3 is 0 Å². The number of ether oxygens (including phenoxy) is 2. The number of nitrogens with zero attached hydrogens (tertiary/aromatic N) is 5. The standard InChI is InChI=1S/C26H25N5O2/c1-17(2)19-8-5-18(6-9-19)7-11-22-24-14-30-25(15-32-3)28-29-26(30)21-13-20(33-4)10-12-23(21)31(24)16-27-22/h5-6,8-10,12-13,16-17H,14-15H2,1-4H3. The molecule has 33 heavy (non-hydrogen) atoms. The fraction of sp³-hybridized carbons (Fsp3) is 0.269. The Balaban J connectivity index is 1.62. The van der Waals surface area contributed by atoms with E-state index in [9.17, 15) is 0 Å². The minimum atomic E-state index is 0.365. The van der Waals surface area contributed by atoms with Crippen molar-refractivity contribution in [2.45, 2.75) is 32.9 Å². The van der Waals surface area contributed by atoms with E-state index in [4.69, 9.17) is 9.47 Å². The average molecular weight is 440 g/mol. The Morgan fingerprint density at radius 2 is 1.85 bits per heavy atom. The zero-order valence-electron chi connectivity index (χ0n) is 19.2. The lowest BCUT2D eigenvalue weighted by atomic mass is 10.0. The van der Waals surface area contributed by atoms with Crippen LogP contribution in [0.1, 0.15) is 48.1 Å². The zero-order valence-corrected chi connectivity index (χ0v) is 19.2. The van der Waals surface area contributed by atoms with Gasteiger partial charge in [0.25, 0.3) is 0 Å². The van der Waals surface area contributed by atoms with Gasteiger partial charge < -0.3 is 14.0 Å². The summed E-state index contributed by atoms with van der Waals surface area (Å²) < 4.78 is 15.0. The highest BCUT2D eigenvalue weighted by Gasteiger charge is 2.26. The molecule has 166 valence electrons. The van der Waals surface area contributed by atoms with Gasteiger partial charge in [-0.25, -0.2) is 4.98 Å². The smallest absolute Gasteiger partial charge is 0.166 e. The summed E-state index contributed by atoms with van der Waals surface area (Å²) in [5, 5.41) is 8.84. The van der Waals surface area contributed by atoms with Gasteiger partial charge in [-0.15, -0.1) is 10.2 Å². The third-order valence-electron chi connectivity index (χ3n) is 5.88. The Labute approximate surface area is 193 Å². The maximum atomic E-state index is 5.46. The van der Waals surface area contributed by atoms with Crippen molar-refractivity contribution >= 4 is 0 Å². The predicted octanol–water partition coefficient (Wildman–Crippen LogP) is 4.17. The lowest BCUT2D eigenvalue weighted by Gasteiger charge is -2.09. The van der Waals surface area contributed by atoms with Gasteiger partial charge in [-0.05, 0) is 47.7 Å². The molecule has 0 bridgehead atoms. The van der Waals surface area contributed by atoms with Crippen LogP contribution in [0, 0.1) is 11.8 Å². The highest BCUT2D eigenvalue weighted by Crippen LogP contribution is 2.34. The molecular weight excluding hydrogens is 414 g/mol. The summed E-state index contributed by atoms with van der Waals surface area (Å²) in [5.41, 5.74) is 5.85. The number of fused-ring (bicyclic) bond motifs is 5.